The van der Waals surface area contributed by atoms with Crippen molar-refractivity contribution in [2.24, 2.45) is 0 Å². The molecule has 9 heteroatoms. The van der Waals surface area contributed by atoms with Gasteiger partial charge in [0, 0.05) is 37.7 Å². The maximum absolute atomic E-state index is 4.08. The van der Waals surface area contributed by atoms with Crippen molar-refractivity contribution in [1.29, 1.82) is 0 Å². The van der Waals surface area contributed by atoms with E-state index in [0.29, 0.717) is 5.69 Å². The van der Waals surface area contributed by atoms with E-state index in [1.807, 2.05) is 30.3 Å². The number of pyridine rings is 1. The molecule has 0 saturated carbocycles. The molecule has 8 nitrogen and oxygen atoms in total. The quantitative estimate of drug-likeness (QED) is 0.127. The van der Waals surface area contributed by atoms with E-state index in [0.717, 1.165) is 39.8 Å². The van der Waals surface area contributed by atoms with Gasteiger partial charge in [-0.2, -0.15) is 36.4 Å². The van der Waals surface area contributed by atoms with Crippen molar-refractivity contribution in [3.63, 3.8) is 0 Å². The van der Waals surface area contributed by atoms with E-state index < -0.39 is 0 Å². The van der Waals surface area contributed by atoms with Gasteiger partial charge in [0.25, 0.3) is 12.7 Å². The molecule has 12 rings (SSSR count). The first-order valence-electron chi connectivity index (χ1n) is 21.5. The summed E-state index contributed by atoms with van der Waals surface area (Å²) in [5.41, 5.74) is 10.6. The first kappa shape index (κ1) is 43.4. The van der Waals surface area contributed by atoms with Crippen LogP contribution < -0.4 is 14.2 Å². The molecule has 1 radical (unpaired) electrons. The number of rotatable bonds is 5. The van der Waals surface area contributed by atoms with Crippen molar-refractivity contribution in [2.75, 3.05) is 0 Å². The third-order valence-electron chi connectivity index (χ3n) is 12.0. The molecule has 0 aliphatic heterocycles. The second-order valence-electron chi connectivity index (χ2n) is 15.7. The van der Waals surface area contributed by atoms with Crippen LogP contribution >= 0.6 is 0 Å². The molecule has 0 amide bonds. The van der Waals surface area contributed by atoms with Gasteiger partial charge in [0.05, 0.1) is 28.5 Å². The maximum Gasteiger partial charge on any atom is 0.267 e. The molecule has 12 aromatic rings. The molecular formula is C57H43IrN8-3. The van der Waals surface area contributed by atoms with Gasteiger partial charge in [-0.05, 0) is 90.6 Å². The second kappa shape index (κ2) is 19.1. The zero-order chi connectivity index (χ0) is 44.3. The summed E-state index contributed by atoms with van der Waals surface area (Å²) < 4.78 is 8.57. The van der Waals surface area contributed by atoms with Gasteiger partial charge in [-0.1, -0.05) is 121 Å². The molecule has 0 fully saturated rings. The predicted molar refractivity (Wildman–Crippen MR) is 258 cm³/mol. The molecule has 0 aliphatic rings. The van der Waals surface area contributed by atoms with E-state index in [2.05, 4.69) is 237 Å². The molecule has 0 aliphatic carbocycles. The van der Waals surface area contributed by atoms with Crippen molar-refractivity contribution in [3.05, 3.63) is 236 Å². The van der Waals surface area contributed by atoms with Crippen LogP contribution in [0.3, 0.4) is 0 Å². The molecule has 0 N–H and O–H groups in total. The Labute approximate surface area is 397 Å². The van der Waals surface area contributed by atoms with Gasteiger partial charge in [-0.3, -0.25) is 19.3 Å². The second-order valence-corrected chi connectivity index (χ2v) is 15.7. The minimum atomic E-state index is 0. The standard InChI is InChI=1S/2C25H19N2.C7H5N4.Ir/c2*1-18-19(2)27(25-16-8-12-21-10-4-6-14-23(21)25)17-26(18)24-15-7-11-20-9-3-5-13-22(20)24;1-2-4-8-6(3-1)7-5-9-11-10-7;/h2*3-15H,1-2H3;1-5H;/q3*-1;. The zero-order valence-electron chi connectivity index (χ0n) is 36.8. The summed E-state index contributed by atoms with van der Waals surface area (Å²) in [5.74, 6) is 0. The number of hydrogen-bond donors (Lipinski definition) is 0. The fourth-order valence-electron chi connectivity index (χ4n) is 8.33. The molecular weight excluding hydrogens is 989 g/mol. The summed E-state index contributed by atoms with van der Waals surface area (Å²) in [6.45, 7) is 8.58. The van der Waals surface area contributed by atoms with Crippen LogP contribution in [0.1, 0.15) is 22.8 Å². The van der Waals surface area contributed by atoms with Crippen LogP contribution in [0.2, 0.25) is 0 Å². The fraction of sp³-hybridized carbons (Fsp3) is 0.0702. The summed E-state index contributed by atoms with van der Waals surface area (Å²) in [4.78, 5) is 4.08. The van der Waals surface area contributed by atoms with E-state index >= 15 is 0 Å². The Kier molecular flexibility index (Phi) is 12.6. The van der Waals surface area contributed by atoms with Gasteiger partial charge in [-0.25, -0.2) is 0 Å². The Hall–Kier alpha value is -7.84. The summed E-state index contributed by atoms with van der Waals surface area (Å²) in [7, 11) is 0. The van der Waals surface area contributed by atoms with E-state index in [4.69, 9.17) is 0 Å². The third-order valence-corrected chi connectivity index (χ3v) is 12.0. The monoisotopic (exact) mass is 1030 g/mol. The van der Waals surface area contributed by atoms with Crippen molar-refractivity contribution >= 4 is 43.1 Å². The number of benzene rings is 8. The molecule has 0 atom stereocenters. The Morgan fingerprint density at radius 3 is 1.33 bits per heavy atom. The normalized spacial score (nSPS) is 10.9. The third kappa shape index (κ3) is 8.34. The van der Waals surface area contributed by atoms with Gasteiger partial charge in [-0.15, -0.1) is 33.7 Å². The molecule has 4 aromatic heterocycles. The van der Waals surface area contributed by atoms with Gasteiger partial charge in [0.1, 0.15) is 0 Å². The van der Waals surface area contributed by atoms with Crippen LogP contribution in [0.4, 0.5) is 0 Å². The zero-order valence-corrected chi connectivity index (χ0v) is 39.2. The number of aromatic nitrogens is 8. The van der Waals surface area contributed by atoms with Crippen molar-refractivity contribution in [1.82, 2.24) is 29.5 Å². The van der Waals surface area contributed by atoms with Gasteiger partial charge >= 0.3 is 0 Å². The fourth-order valence-corrected chi connectivity index (χ4v) is 8.33. The molecule has 4 heterocycles. The van der Waals surface area contributed by atoms with Gasteiger partial charge in [0.2, 0.25) is 0 Å². The summed E-state index contributed by atoms with van der Waals surface area (Å²) >= 11 is 0. The van der Waals surface area contributed by atoms with Crippen LogP contribution in [-0.2, 0) is 20.1 Å². The molecule has 0 saturated heterocycles. The topological polar surface area (TPSA) is 70.4 Å². The van der Waals surface area contributed by atoms with Crippen molar-refractivity contribution in [2.45, 2.75) is 27.7 Å². The van der Waals surface area contributed by atoms with Crippen LogP contribution in [0.25, 0.3) is 77.2 Å². The Balaban J connectivity index is 0.000000134. The van der Waals surface area contributed by atoms with E-state index in [1.54, 1.807) is 12.4 Å². The molecule has 0 bridgehead atoms. The smallest absolute Gasteiger partial charge is 0.267 e. The molecule has 0 unspecified atom stereocenters. The van der Waals surface area contributed by atoms with Crippen LogP contribution in [0, 0.1) is 52.5 Å². The number of imidazole rings is 2. The van der Waals surface area contributed by atoms with E-state index in [1.165, 1.54) is 54.5 Å². The number of fused-ring (bicyclic) bond motifs is 4. The van der Waals surface area contributed by atoms with Crippen LogP contribution in [0.15, 0.2) is 188 Å². The van der Waals surface area contributed by atoms with E-state index in [9.17, 15) is 0 Å². The van der Waals surface area contributed by atoms with Crippen LogP contribution in [-0.4, -0.2) is 24.4 Å². The largest absolute Gasteiger partial charge is 0.358 e. The minimum Gasteiger partial charge on any atom is -0.358 e. The maximum atomic E-state index is 4.08. The van der Waals surface area contributed by atoms with Gasteiger partial charge in [0.15, 0.2) is 0 Å². The first-order chi connectivity index (χ1) is 31.9. The summed E-state index contributed by atoms with van der Waals surface area (Å²) in [5, 5.41) is 20.5. The van der Waals surface area contributed by atoms with Crippen molar-refractivity contribution in [3.8, 4) is 34.1 Å². The van der Waals surface area contributed by atoms with E-state index in [-0.39, 0.29) is 20.1 Å². The summed E-state index contributed by atoms with van der Waals surface area (Å²) in [6, 6.07) is 67.3. The SMILES string of the molecule is Cc1c(C)[n+](-c2cccc3ccccc23)[c-]n1-c1[c-]ccc2ccccc12.Cc1c(C)[n+](-c2cccc3ccccc23)[c-]n1-c1[c-]ccc2ccccc12.[Ir].c1ccc(-c2cnn[n-]2)nc1. The Bertz CT molecular complexity index is 3180. The van der Waals surface area contributed by atoms with Crippen molar-refractivity contribution < 1.29 is 29.2 Å². The number of hydrogen-bond acceptors (Lipinski definition) is 3. The first-order valence-corrected chi connectivity index (χ1v) is 21.5. The van der Waals surface area contributed by atoms with Gasteiger partial charge < -0.3 is 19.3 Å². The minimum absolute atomic E-state index is 0. The average Bonchev–Trinajstić information content (AvgIpc) is 4.09. The molecule has 8 aromatic carbocycles. The average molecular weight is 1030 g/mol. The number of nitrogens with zero attached hydrogens (tertiary/aromatic N) is 8. The van der Waals surface area contributed by atoms with Crippen LogP contribution in [0.5, 0.6) is 0 Å². The molecule has 66 heavy (non-hydrogen) atoms. The Morgan fingerprint density at radius 1 is 0.470 bits per heavy atom. The molecule has 0 spiro atoms. The Morgan fingerprint density at radius 2 is 0.894 bits per heavy atom. The predicted octanol–water partition coefficient (Wildman–Crippen LogP) is 11.0. The summed E-state index contributed by atoms with van der Waals surface area (Å²) in [6.07, 6.45) is 10.4. The molecule has 323 valence electrons.